The summed E-state index contributed by atoms with van der Waals surface area (Å²) in [6.07, 6.45) is 3.30. The Morgan fingerprint density at radius 2 is 1.69 bits per heavy atom. The van der Waals surface area contributed by atoms with Crippen molar-refractivity contribution in [1.82, 2.24) is 9.80 Å². The maximum atomic E-state index is 12.4. The number of hydrogen-bond acceptors (Lipinski definition) is 5. The van der Waals surface area contributed by atoms with Crippen LogP contribution in [0.25, 0.3) is 6.08 Å². The second kappa shape index (κ2) is 9.24. The minimum Gasteiger partial charge on any atom is -0.397 e. The number of nitrogens with two attached hydrogens (primary N) is 2. The van der Waals surface area contributed by atoms with Gasteiger partial charge in [-0.15, -0.1) is 0 Å². The van der Waals surface area contributed by atoms with Crippen LogP contribution in [0, 0.1) is 0 Å². The van der Waals surface area contributed by atoms with Gasteiger partial charge in [0.05, 0.1) is 16.4 Å². The van der Waals surface area contributed by atoms with Crippen LogP contribution in [0.15, 0.2) is 52.3 Å². The molecule has 1 aliphatic rings. The normalized spacial score (nSPS) is 14.4. The highest BCUT2D eigenvalue weighted by Crippen LogP contribution is 2.35. The number of anilines is 2. The number of rotatable bonds is 4. The topological polar surface area (TPSA) is 92.7 Å². The number of nitrogens with zero attached hydrogens (tertiary/aromatic N) is 2. The van der Waals surface area contributed by atoms with Crippen LogP contribution in [0.5, 0.6) is 0 Å². The van der Waals surface area contributed by atoms with Gasteiger partial charge in [-0.2, -0.15) is 0 Å². The first-order chi connectivity index (χ1) is 13.8. The van der Waals surface area contributed by atoms with Crippen LogP contribution in [0.4, 0.5) is 11.4 Å². The highest BCUT2D eigenvalue weighted by atomic mass is 35.5. The van der Waals surface area contributed by atoms with E-state index in [4.69, 9.17) is 23.1 Å². The van der Waals surface area contributed by atoms with Gasteiger partial charge in [0.1, 0.15) is 0 Å². The third-order valence-corrected chi connectivity index (χ3v) is 6.19. The summed E-state index contributed by atoms with van der Waals surface area (Å²) in [4.78, 5) is 29.1. The Bertz CT molecular complexity index is 956. The number of halogens is 1. The minimum absolute atomic E-state index is 0.0434. The SMILES string of the molecule is CC(=O)N1CCN(C(=O)C=Cc2ccc(Sc3ccc(N)c(N)c3)c(Cl)c2)CC1. The second-order valence-electron chi connectivity index (χ2n) is 6.75. The van der Waals surface area contributed by atoms with Gasteiger partial charge in [-0.25, -0.2) is 0 Å². The van der Waals surface area contributed by atoms with Gasteiger partial charge in [0.2, 0.25) is 11.8 Å². The van der Waals surface area contributed by atoms with E-state index in [9.17, 15) is 9.59 Å². The molecule has 0 aromatic heterocycles. The number of amides is 2. The van der Waals surface area contributed by atoms with Crippen molar-refractivity contribution < 1.29 is 9.59 Å². The number of carbonyl (C=O) groups is 2. The Labute approximate surface area is 179 Å². The molecular formula is C21H23ClN4O2S. The Morgan fingerprint density at radius 1 is 1.00 bits per heavy atom. The molecule has 1 aliphatic heterocycles. The molecule has 0 bridgehead atoms. The Hall–Kier alpha value is -2.64. The van der Waals surface area contributed by atoms with Gasteiger partial charge in [0.25, 0.3) is 0 Å². The summed E-state index contributed by atoms with van der Waals surface area (Å²) in [6.45, 7) is 3.78. The number of carbonyl (C=O) groups excluding carboxylic acids is 2. The Morgan fingerprint density at radius 3 is 2.31 bits per heavy atom. The first kappa shape index (κ1) is 21.1. The van der Waals surface area contributed by atoms with E-state index in [-0.39, 0.29) is 11.8 Å². The molecule has 1 heterocycles. The van der Waals surface area contributed by atoms with Crippen molar-refractivity contribution in [2.75, 3.05) is 37.6 Å². The molecule has 0 radical (unpaired) electrons. The highest BCUT2D eigenvalue weighted by molar-refractivity contribution is 7.99. The van der Waals surface area contributed by atoms with Gasteiger partial charge < -0.3 is 21.3 Å². The van der Waals surface area contributed by atoms with Gasteiger partial charge in [-0.3, -0.25) is 9.59 Å². The first-order valence-corrected chi connectivity index (χ1v) is 10.4. The summed E-state index contributed by atoms with van der Waals surface area (Å²) < 4.78 is 0. The van der Waals surface area contributed by atoms with Crippen LogP contribution in [0.2, 0.25) is 5.02 Å². The zero-order chi connectivity index (χ0) is 21.0. The van der Waals surface area contributed by atoms with Crippen molar-refractivity contribution in [1.29, 1.82) is 0 Å². The van der Waals surface area contributed by atoms with Crippen LogP contribution in [0.1, 0.15) is 12.5 Å². The van der Waals surface area contributed by atoms with Gasteiger partial charge in [0, 0.05) is 49.0 Å². The molecule has 6 nitrogen and oxygen atoms in total. The maximum Gasteiger partial charge on any atom is 0.246 e. The molecule has 0 aliphatic carbocycles. The molecule has 2 aromatic rings. The third kappa shape index (κ3) is 5.46. The van der Waals surface area contributed by atoms with Crippen LogP contribution in [0.3, 0.4) is 0 Å². The largest absolute Gasteiger partial charge is 0.397 e. The van der Waals surface area contributed by atoms with E-state index in [1.807, 2.05) is 30.3 Å². The molecule has 2 aromatic carbocycles. The average Bonchev–Trinajstić information content (AvgIpc) is 2.70. The van der Waals surface area contributed by atoms with E-state index in [2.05, 4.69) is 0 Å². The Balaban J connectivity index is 1.61. The number of benzene rings is 2. The van der Waals surface area contributed by atoms with Gasteiger partial charge >= 0.3 is 0 Å². The van der Waals surface area contributed by atoms with E-state index in [0.717, 1.165) is 15.4 Å². The zero-order valence-electron chi connectivity index (χ0n) is 16.1. The molecule has 8 heteroatoms. The van der Waals surface area contributed by atoms with Crippen molar-refractivity contribution >= 4 is 52.6 Å². The molecule has 2 amide bonds. The predicted octanol–water partition coefficient (Wildman–Crippen LogP) is 3.36. The molecule has 1 fully saturated rings. The molecule has 3 rings (SSSR count). The molecule has 0 spiro atoms. The molecule has 0 unspecified atom stereocenters. The standard InChI is InChI=1S/C21H23ClN4O2S/c1-14(27)25-8-10-26(11-9-25)21(28)7-3-15-2-6-20(17(22)12-15)29-16-4-5-18(23)19(24)13-16/h2-7,12-13H,8-11,23-24H2,1H3. The lowest BCUT2D eigenvalue weighted by Gasteiger charge is -2.33. The van der Waals surface area contributed by atoms with Gasteiger partial charge in [-0.1, -0.05) is 29.4 Å². The summed E-state index contributed by atoms with van der Waals surface area (Å²) in [7, 11) is 0. The van der Waals surface area contributed by atoms with Crippen LogP contribution in [-0.2, 0) is 9.59 Å². The first-order valence-electron chi connectivity index (χ1n) is 9.18. The number of hydrogen-bond donors (Lipinski definition) is 2. The zero-order valence-corrected chi connectivity index (χ0v) is 17.7. The van der Waals surface area contributed by atoms with E-state index in [1.165, 1.54) is 11.8 Å². The number of piperazine rings is 1. The smallest absolute Gasteiger partial charge is 0.246 e. The predicted molar refractivity (Wildman–Crippen MR) is 119 cm³/mol. The van der Waals surface area contributed by atoms with E-state index in [1.54, 1.807) is 34.9 Å². The van der Waals surface area contributed by atoms with E-state index >= 15 is 0 Å². The Kier molecular flexibility index (Phi) is 6.71. The lowest BCUT2D eigenvalue weighted by molar-refractivity contribution is -0.135. The summed E-state index contributed by atoms with van der Waals surface area (Å²) in [5, 5.41) is 0.593. The van der Waals surface area contributed by atoms with Crippen LogP contribution >= 0.6 is 23.4 Å². The highest BCUT2D eigenvalue weighted by Gasteiger charge is 2.20. The van der Waals surface area contributed by atoms with Crippen molar-refractivity contribution in [2.24, 2.45) is 0 Å². The molecular weight excluding hydrogens is 408 g/mol. The lowest BCUT2D eigenvalue weighted by atomic mass is 10.2. The molecule has 0 saturated carbocycles. The maximum absolute atomic E-state index is 12.4. The molecule has 152 valence electrons. The van der Waals surface area contributed by atoms with Crippen LogP contribution in [-0.4, -0.2) is 47.8 Å². The second-order valence-corrected chi connectivity index (χ2v) is 8.27. The lowest BCUT2D eigenvalue weighted by Crippen LogP contribution is -2.49. The van der Waals surface area contributed by atoms with Gasteiger partial charge in [0.15, 0.2) is 0 Å². The average molecular weight is 431 g/mol. The molecule has 4 N–H and O–H groups in total. The fourth-order valence-corrected chi connectivity index (χ4v) is 4.13. The fourth-order valence-electron chi connectivity index (χ4n) is 2.96. The quantitative estimate of drug-likeness (QED) is 0.573. The number of nitrogen functional groups attached to an aromatic ring is 2. The molecule has 0 atom stereocenters. The summed E-state index contributed by atoms with van der Waals surface area (Å²) >= 11 is 7.91. The van der Waals surface area contributed by atoms with E-state index < -0.39 is 0 Å². The summed E-state index contributed by atoms with van der Waals surface area (Å²) in [5.74, 6) is -0.0259. The fraction of sp³-hybridized carbons (Fsp3) is 0.238. The van der Waals surface area contributed by atoms with Crippen molar-refractivity contribution in [3.8, 4) is 0 Å². The van der Waals surface area contributed by atoms with Crippen molar-refractivity contribution in [3.05, 3.63) is 53.1 Å². The monoisotopic (exact) mass is 430 g/mol. The molecule has 29 heavy (non-hydrogen) atoms. The summed E-state index contributed by atoms with van der Waals surface area (Å²) in [5.41, 5.74) is 13.5. The van der Waals surface area contributed by atoms with Gasteiger partial charge in [-0.05, 0) is 42.0 Å². The molecule has 1 saturated heterocycles. The van der Waals surface area contributed by atoms with Crippen molar-refractivity contribution in [3.63, 3.8) is 0 Å². The summed E-state index contributed by atoms with van der Waals surface area (Å²) in [6, 6.07) is 11.1. The minimum atomic E-state index is -0.0693. The van der Waals surface area contributed by atoms with Crippen LogP contribution < -0.4 is 11.5 Å². The third-order valence-electron chi connectivity index (χ3n) is 4.70. The van der Waals surface area contributed by atoms with E-state index in [0.29, 0.717) is 42.6 Å². The van der Waals surface area contributed by atoms with Crippen molar-refractivity contribution in [2.45, 2.75) is 16.7 Å².